The summed E-state index contributed by atoms with van der Waals surface area (Å²) in [6, 6.07) is 28.1. The molecule has 4 aromatic carbocycles. The first-order valence-electron chi connectivity index (χ1n) is 13.3. The lowest BCUT2D eigenvalue weighted by Crippen LogP contribution is -2.47. The summed E-state index contributed by atoms with van der Waals surface area (Å²) in [5.41, 5.74) is 1.06. The van der Waals surface area contributed by atoms with E-state index in [9.17, 15) is 27.9 Å². The molecule has 9 nitrogen and oxygen atoms in total. The molecule has 1 N–H and O–H groups in total. The highest BCUT2D eigenvalue weighted by molar-refractivity contribution is 7.89. The van der Waals surface area contributed by atoms with E-state index in [1.54, 1.807) is 60.7 Å². The number of nitrogens with zero attached hydrogens (tertiary/aromatic N) is 2. The Morgan fingerprint density at radius 2 is 1.33 bits per heavy atom. The van der Waals surface area contributed by atoms with E-state index >= 15 is 0 Å². The van der Waals surface area contributed by atoms with Gasteiger partial charge in [0.15, 0.2) is 0 Å². The van der Waals surface area contributed by atoms with Gasteiger partial charge in [0, 0.05) is 12.1 Å². The Kier molecular flexibility index (Phi) is 8.66. The third-order valence-electron chi connectivity index (χ3n) is 6.79. The molecule has 43 heavy (non-hydrogen) atoms. The van der Waals surface area contributed by atoms with Gasteiger partial charge in [0.05, 0.1) is 22.6 Å². The van der Waals surface area contributed by atoms with Gasteiger partial charge in [-0.2, -0.15) is 4.31 Å². The molecule has 0 bridgehead atoms. The molecule has 0 aromatic heterocycles. The van der Waals surface area contributed by atoms with Crippen LogP contribution in [0.5, 0.6) is 11.5 Å². The molecular formula is C33H26N2O7S. The van der Waals surface area contributed by atoms with Crippen molar-refractivity contribution in [1.82, 2.24) is 9.21 Å². The number of hydrogen-bond acceptors (Lipinski definition) is 6. The van der Waals surface area contributed by atoms with Gasteiger partial charge in [0.2, 0.25) is 10.0 Å². The molecule has 216 valence electrons. The number of fused-ring (bicyclic) bond motifs is 1. The second kappa shape index (κ2) is 12.7. The second-order valence-electron chi connectivity index (χ2n) is 9.55. The second-order valence-corrected chi connectivity index (χ2v) is 11.4. The highest BCUT2D eigenvalue weighted by atomic mass is 32.2. The fourth-order valence-corrected chi connectivity index (χ4v) is 6.14. The molecule has 1 aliphatic heterocycles. The Bertz CT molecular complexity index is 1780. The zero-order chi connectivity index (χ0) is 30.4. The molecule has 5 rings (SSSR count). The maximum absolute atomic E-state index is 13.9. The molecule has 1 aliphatic rings. The van der Waals surface area contributed by atoms with E-state index in [2.05, 4.69) is 11.8 Å². The van der Waals surface area contributed by atoms with Crippen LogP contribution in [0.4, 0.5) is 0 Å². The van der Waals surface area contributed by atoms with E-state index in [4.69, 9.17) is 4.74 Å². The van der Waals surface area contributed by atoms with Crippen molar-refractivity contribution in [2.45, 2.75) is 17.4 Å². The first kappa shape index (κ1) is 29.3. The summed E-state index contributed by atoms with van der Waals surface area (Å²) < 4.78 is 34.3. The number of hydrogen-bond donors (Lipinski definition) is 1. The molecule has 1 unspecified atom stereocenters. The number of ether oxygens (including phenoxy) is 1. The van der Waals surface area contributed by atoms with Crippen molar-refractivity contribution in [1.29, 1.82) is 0 Å². The molecule has 0 saturated carbocycles. The van der Waals surface area contributed by atoms with Crippen molar-refractivity contribution in [3.05, 3.63) is 126 Å². The molecule has 1 heterocycles. The van der Waals surface area contributed by atoms with Crippen LogP contribution in [-0.4, -0.2) is 59.6 Å². The summed E-state index contributed by atoms with van der Waals surface area (Å²) in [7, 11) is -4.41. The van der Waals surface area contributed by atoms with Gasteiger partial charge in [-0.3, -0.25) is 19.3 Å². The van der Waals surface area contributed by atoms with Crippen LogP contribution in [-0.2, 0) is 14.8 Å². The van der Waals surface area contributed by atoms with Gasteiger partial charge >= 0.3 is 5.97 Å². The van der Waals surface area contributed by atoms with Crippen LogP contribution in [0.15, 0.2) is 114 Å². The fraction of sp³-hybridized carbons (Fsp3) is 0.121. The average molecular weight is 595 g/mol. The minimum atomic E-state index is -4.41. The van der Waals surface area contributed by atoms with Gasteiger partial charge in [0.1, 0.15) is 17.5 Å². The number of rotatable bonds is 10. The van der Waals surface area contributed by atoms with Gasteiger partial charge in [-0.25, -0.2) is 8.42 Å². The lowest BCUT2D eigenvalue weighted by atomic mass is 10.1. The van der Waals surface area contributed by atoms with Crippen LogP contribution in [0.3, 0.4) is 0 Å². The minimum absolute atomic E-state index is 0.165. The summed E-state index contributed by atoms with van der Waals surface area (Å²) in [5.74, 6) is 4.04. The number of benzene rings is 4. The Morgan fingerprint density at radius 3 is 1.91 bits per heavy atom. The lowest BCUT2D eigenvalue weighted by molar-refractivity contribution is -0.141. The Balaban J connectivity index is 1.42. The third kappa shape index (κ3) is 6.48. The largest absolute Gasteiger partial charge is 0.480 e. The Hall–Kier alpha value is -5.24. The average Bonchev–Trinajstić information content (AvgIpc) is 3.26. The number of carbonyl (C=O) groups excluding carboxylic acids is 2. The van der Waals surface area contributed by atoms with E-state index in [0.717, 1.165) is 9.21 Å². The topological polar surface area (TPSA) is 121 Å². The summed E-state index contributed by atoms with van der Waals surface area (Å²) >= 11 is 0. The van der Waals surface area contributed by atoms with Crippen LogP contribution >= 0.6 is 0 Å². The standard InChI is InChI=1S/C33H26N2O7S/c36-31-28-15-7-8-16-29(28)32(37)34(31)23-21-30(33(38)39)35(22-9-12-24-10-3-1-4-11-24)43(40,41)27-19-17-26(18-20-27)42-25-13-5-2-6-14-25/h1-8,10-11,13-20,30H,21-23H2,(H,38,39). The van der Waals surface area contributed by atoms with Gasteiger partial charge in [-0.05, 0) is 67.1 Å². The number of para-hydroxylation sites is 1. The van der Waals surface area contributed by atoms with E-state index in [1.807, 2.05) is 12.1 Å². The number of aliphatic carboxylic acids is 1. The Labute approximate surface area is 249 Å². The molecule has 1 atom stereocenters. The summed E-state index contributed by atoms with van der Waals surface area (Å²) in [5, 5.41) is 10.2. The third-order valence-corrected chi connectivity index (χ3v) is 8.66. The van der Waals surface area contributed by atoms with Gasteiger partial charge in [-0.15, -0.1) is 0 Å². The number of sulfonamides is 1. The highest BCUT2D eigenvalue weighted by Gasteiger charge is 2.39. The Morgan fingerprint density at radius 1 is 0.791 bits per heavy atom. The molecule has 2 amide bonds. The van der Waals surface area contributed by atoms with E-state index in [0.29, 0.717) is 17.1 Å². The van der Waals surface area contributed by atoms with E-state index < -0.39 is 40.4 Å². The van der Waals surface area contributed by atoms with Crippen molar-refractivity contribution in [3.8, 4) is 23.3 Å². The zero-order valence-corrected chi connectivity index (χ0v) is 23.6. The van der Waals surface area contributed by atoms with Crippen molar-refractivity contribution < 1.29 is 32.6 Å². The highest BCUT2D eigenvalue weighted by Crippen LogP contribution is 2.27. The predicted molar refractivity (Wildman–Crippen MR) is 158 cm³/mol. The van der Waals surface area contributed by atoms with Gasteiger partial charge in [0.25, 0.3) is 11.8 Å². The fourth-order valence-electron chi connectivity index (χ4n) is 4.63. The first-order valence-corrected chi connectivity index (χ1v) is 14.8. The normalized spacial score (nSPS) is 13.3. The molecule has 0 aliphatic carbocycles. The molecule has 4 aromatic rings. The summed E-state index contributed by atoms with van der Waals surface area (Å²) in [6.07, 6.45) is -0.345. The van der Waals surface area contributed by atoms with Crippen molar-refractivity contribution in [2.24, 2.45) is 0 Å². The predicted octanol–water partition coefficient (Wildman–Crippen LogP) is 4.66. The van der Waals surface area contributed by atoms with E-state index in [-0.39, 0.29) is 29.0 Å². The van der Waals surface area contributed by atoms with Gasteiger partial charge < -0.3 is 9.84 Å². The first-order chi connectivity index (χ1) is 20.8. The number of carboxylic acids is 1. The SMILES string of the molecule is O=C(O)C(CCN1C(=O)c2ccccc2C1=O)N(CC#Cc1ccccc1)S(=O)(=O)c1ccc(Oc2ccccc2)cc1. The number of imide groups is 1. The van der Waals surface area contributed by atoms with Crippen molar-refractivity contribution in [3.63, 3.8) is 0 Å². The van der Waals surface area contributed by atoms with Crippen molar-refractivity contribution >= 4 is 27.8 Å². The molecular weight excluding hydrogens is 568 g/mol. The molecule has 10 heteroatoms. The van der Waals surface area contributed by atoms with Crippen LogP contribution in [0.2, 0.25) is 0 Å². The van der Waals surface area contributed by atoms with Crippen LogP contribution < -0.4 is 4.74 Å². The van der Waals surface area contributed by atoms with Crippen LogP contribution in [0, 0.1) is 11.8 Å². The quantitative estimate of drug-likeness (QED) is 0.209. The number of carbonyl (C=O) groups is 3. The number of amides is 2. The number of carboxylic acid groups (broad SMARTS) is 1. The smallest absolute Gasteiger partial charge is 0.322 e. The minimum Gasteiger partial charge on any atom is -0.480 e. The summed E-state index contributed by atoms with van der Waals surface area (Å²) in [6.45, 7) is -0.746. The molecule has 0 spiro atoms. The van der Waals surface area contributed by atoms with E-state index in [1.165, 1.54) is 36.4 Å². The molecule has 0 radical (unpaired) electrons. The van der Waals surface area contributed by atoms with Crippen LogP contribution in [0.1, 0.15) is 32.7 Å². The van der Waals surface area contributed by atoms with Gasteiger partial charge in [-0.1, -0.05) is 60.4 Å². The maximum atomic E-state index is 13.9. The zero-order valence-electron chi connectivity index (χ0n) is 22.8. The van der Waals surface area contributed by atoms with Crippen molar-refractivity contribution in [2.75, 3.05) is 13.1 Å². The molecule has 0 fully saturated rings. The lowest BCUT2D eigenvalue weighted by Gasteiger charge is -2.27. The molecule has 0 saturated heterocycles. The maximum Gasteiger partial charge on any atom is 0.322 e. The van der Waals surface area contributed by atoms with Crippen LogP contribution in [0.25, 0.3) is 0 Å². The monoisotopic (exact) mass is 594 g/mol. The summed E-state index contributed by atoms with van der Waals surface area (Å²) in [4.78, 5) is 39.0.